The molecule has 0 saturated heterocycles. The molecule has 4 aromatic rings. The fraction of sp³-hybridized carbons (Fsp3) is 0.130. The van der Waals surface area contributed by atoms with E-state index in [1.54, 1.807) is 0 Å². The minimum absolute atomic E-state index is 0.310. The van der Waals surface area contributed by atoms with Gasteiger partial charge >= 0.3 is 0 Å². The molecule has 1 amide bonds. The van der Waals surface area contributed by atoms with Crippen molar-refractivity contribution in [3.8, 4) is 0 Å². The molecular weight excluding hydrogens is 384 g/mol. The number of fused-ring (bicyclic) bond motifs is 1. The molecule has 0 aliphatic rings. The molecule has 2 unspecified atom stereocenters. The van der Waals surface area contributed by atoms with Gasteiger partial charge in [0.2, 0.25) is 0 Å². The second-order valence-electron chi connectivity index (χ2n) is 6.67. The highest BCUT2D eigenvalue weighted by Crippen LogP contribution is 2.29. The topological polar surface area (TPSA) is 82.5 Å². The van der Waals surface area contributed by atoms with Gasteiger partial charge in [0.15, 0.2) is 6.10 Å². The summed E-state index contributed by atoms with van der Waals surface area (Å²) in [6, 6.07) is 26.0. The third-order valence-electron chi connectivity index (χ3n) is 4.68. The Kier molecular flexibility index (Phi) is 5.67. The molecule has 0 saturated carbocycles. The zero-order chi connectivity index (χ0) is 20.2. The van der Waals surface area contributed by atoms with Gasteiger partial charge in [0.05, 0.1) is 16.3 Å². The summed E-state index contributed by atoms with van der Waals surface area (Å²) < 4.78 is 0.889. The molecule has 0 aliphatic heterocycles. The van der Waals surface area contributed by atoms with Crippen LogP contribution in [0, 0.1) is 0 Å². The molecule has 5 nitrogen and oxygen atoms in total. The van der Waals surface area contributed by atoms with Crippen LogP contribution in [0.4, 0.5) is 0 Å². The monoisotopic (exact) mass is 404 g/mol. The summed E-state index contributed by atoms with van der Waals surface area (Å²) in [7, 11) is 0. The maximum atomic E-state index is 12.8. The van der Waals surface area contributed by atoms with Gasteiger partial charge in [-0.1, -0.05) is 72.8 Å². The predicted octanol–water partition coefficient (Wildman–Crippen LogP) is 3.60. The number of rotatable bonds is 6. The summed E-state index contributed by atoms with van der Waals surface area (Å²) in [5, 5.41) is 24.2. The fourth-order valence-corrected chi connectivity index (χ4v) is 4.16. The Labute approximate surface area is 172 Å². The van der Waals surface area contributed by atoms with Gasteiger partial charge in [-0.3, -0.25) is 4.79 Å². The van der Waals surface area contributed by atoms with Crippen LogP contribution in [0.3, 0.4) is 0 Å². The maximum absolute atomic E-state index is 12.8. The van der Waals surface area contributed by atoms with Gasteiger partial charge < -0.3 is 15.5 Å². The van der Waals surface area contributed by atoms with E-state index >= 15 is 0 Å². The van der Waals surface area contributed by atoms with E-state index in [1.807, 2.05) is 84.9 Å². The molecular formula is C23H20N2O3S. The molecule has 146 valence electrons. The average molecular weight is 404 g/mol. The third-order valence-corrected chi connectivity index (χ3v) is 5.79. The van der Waals surface area contributed by atoms with Crippen molar-refractivity contribution in [2.75, 3.05) is 0 Å². The van der Waals surface area contributed by atoms with Crippen LogP contribution in [-0.4, -0.2) is 27.2 Å². The Morgan fingerprint density at radius 1 is 0.828 bits per heavy atom. The Morgan fingerprint density at radius 3 is 1.97 bits per heavy atom. The first-order chi connectivity index (χ1) is 14.1. The zero-order valence-electron chi connectivity index (χ0n) is 15.5. The first kappa shape index (κ1) is 19.3. The first-order valence-corrected chi connectivity index (χ1v) is 10.1. The fourth-order valence-electron chi connectivity index (χ4n) is 3.17. The van der Waals surface area contributed by atoms with E-state index in [4.69, 9.17) is 0 Å². The number of thiazole rings is 1. The molecule has 0 fully saturated rings. The number of nitrogens with one attached hydrogen (secondary N) is 1. The van der Waals surface area contributed by atoms with Crippen LogP contribution in [0.1, 0.15) is 28.3 Å². The quantitative estimate of drug-likeness (QED) is 0.459. The standard InChI is InChI=1S/C23H20N2O3S/c26-20(21(27)23-24-17-13-7-8-14-18(17)29-23)22(28)25-19(15-9-3-1-4-10-15)16-11-5-2-6-12-16/h1-14,19-21,26-27H,(H,25,28). The predicted molar refractivity (Wildman–Crippen MR) is 113 cm³/mol. The van der Waals surface area contributed by atoms with Crippen molar-refractivity contribution in [3.05, 3.63) is 101 Å². The van der Waals surface area contributed by atoms with Crippen molar-refractivity contribution in [1.82, 2.24) is 10.3 Å². The Morgan fingerprint density at radius 2 is 1.38 bits per heavy atom. The number of aliphatic hydroxyl groups excluding tert-OH is 2. The third kappa shape index (κ3) is 4.19. The van der Waals surface area contributed by atoms with Gasteiger partial charge in [0.25, 0.3) is 5.91 Å². The van der Waals surface area contributed by atoms with Gasteiger partial charge in [-0.2, -0.15) is 0 Å². The Balaban J connectivity index is 1.56. The SMILES string of the molecule is O=C(NC(c1ccccc1)c1ccccc1)C(O)C(O)c1nc2ccccc2s1. The number of aliphatic hydroxyl groups is 2. The van der Waals surface area contributed by atoms with E-state index in [9.17, 15) is 15.0 Å². The van der Waals surface area contributed by atoms with E-state index in [0.717, 1.165) is 21.3 Å². The summed E-state index contributed by atoms with van der Waals surface area (Å²) in [4.78, 5) is 17.1. The van der Waals surface area contributed by atoms with Crippen LogP contribution in [0.25, 0.3) is 10.2 Å². The lowest BCUT2D eigenvalue weighted by Gasteiger charge is -2.23. The second-order valence-corrected chi connectivity index (χ2v) is 7.73. The van der Waals surface area contributed by atoms with Crippen molar-refractivity contribution in [3.63, 3.8) is 0 Å². The first-order valence-electron chi connectivity index (χ1n) is 9.25. The smallest absolute Gasteiger partial charge is 0.252 e. The number of carbonyl (C=O) groups excluding carboxylic acids is 1. The van der Waals surface area contributed by atoms with Crippen molar-refractivity contribution >= 4 is 27.5 Å². The van der Waals surface area contributed by atoms with E-state index in [1.165, 1.54) is 11.3 Å². The number of carbonyl (C=O) groups is 1. The van der Waals surface area contributed by atoms with E-state index in [-0.39, 0.29) is 0 Å². The molecule has 0 radical (unpaired) electrons. The molecule has 4 rings (SSSR count). The largest absolute Gasteiger partial charge is 0.383 e. The molecule has 2 atom stereocenters. The summed E-state index contributed by atoms with van der Waals surface area (Å²) >= 11 is 1.26. The minimum atomic E-state index is -1.63. The van der Waals surface area contributed by atoms with Crippen molar-refractivity contribution in [1.29, 1.82) is 0 Å². The molecule has 3 aromatic carbocycles. The molecule has 0 spiro atoms. The molecule has 29 heavy (non-hydrogen) atoms. The van der Waals surface area contributed by atoms with Crippen LogP contribution in [0.15, 0.2) is 84.9 Å². The second kappa shape index (κ2) is 8.53. The summed E-state index contributed by atoms with van der Waals surface area (Å²) in [5.41, 5.74) is 2.49. The highest BCUT2D eigenvalue weighted by Gasteiger charge is 2.30. The number of amides is 1. The molecule has 6 heteroatoms. The summed E-state index contributed by atoms with van der Waals surface area (Å²) in [6.45, 7) is 0. The van der Waals surface area contributed by atoms with Gasteiger partial charge in [-0.05, 0) is 23.3 Å². The number of nitrogens with zero attached hydrogens (tertiary/aromatic N) is 1. The van der Waals surface area contributed by atoms with Crippen LogP contribution < -0.4 is 5.32 Å². The van der Waals surface area contributed by atoms with Crippen molar-refractivity contribution in [2.24, 2.45) is 0 Å². The number of aromatic nitrogens is 1. The minimum Gasteiger partial charge on any atom is -0.383 e. The van der Waals surface area contributed by atoms with Crippen LogP contribution in [-0.2, 0) is 4.79 Å². The van der Waals surface area contributed by atoms with Gasteiger partial charge in [-0.15, -0.1) is 11.3 Å². The average Bonchev–Trinajstić information content (AvgIpc) is 3.22. The molecule has 0 bridgehead atoms. The highest BCUT2D eigenvalue weighted by molar-refractivity contribution is 7.18. The Hall–Kier alpha value is -3.06. The molecule has 1 heterocycles. The van der Waals surface area contributed by atoms with Crippen molar-refractivity contribution in [2.45, 2.75) is 18.2 Å². The summed E-state index contributed by atoms with van der Waals surface area (Å²) in [5.74, 6) is -0.658. The lowest BCUT2D eigenvalue weighted by Crippen LogP contribution is -2.40. The van der Waals surface area contributed by atoms with Gasteiger partial charge in [0, 0.05) is 0 Å². The lowest BCUT2D eigenvalue weighted by atomic mass is 9.98. The van der Waals surface area contributed by atoms with E-state index < -0.39 is 24.2 Å². The van der Waals surface area contributed by atoms with Crippen LogP contribution in [0.5, 0.6) is 0 Å². The number of benzene rings is 3. The lowest BCUT2D eigenvalue weighted by molar-refractivity contribution is -0.136. The number of para-hydroxylation sites is 1. The maximum Gasteiger partial charge on any atom is 0.252 e. The van der Waals surface area contributed by atoms with E-state index in [0.29, 0.717) is 5.01 Å². The highest BCUT2D eigenvalue weighted by atomic mass is 32.1. The zero-order valence-corrected chi connectivity index (χ0v) is 16.3. The van der Waals surface area contributed by atoms with Crippen LogP contribution in [0.2, 0.25) is 0 Å². The normalized spacial score (nSPS) is 13.3. The Bertz CT molecular complexity index is 1030. The van der Waals surface area contributed by atoms with Gasteiger partial charge in [-0.25, -0.2) is 4.98 Å². The molecule has 3 N–H and O–H groups in total. The summed E-state index contributed by atoms with van der Waals surface area (Å²) in [6.07, 6.45) is -3.04. The van der Waals surface area contributed by atoms with Gasteiger partial charge in [0.1, 0.15) is 11.1 Å². The number of hydrogen-bond acceptors (Lipinski definition) is 5. The van der Waals surface area contributed by atoms with E-state index in [2.05, 4.69) is 10.3 Å². The molecule has 0 aliphatic carbocycles. The molecule has 1 aromatic heterocycles. The van der Waals surface area contributed by atoms with Crippen LogP contribution >= 0.6 is 11.3 Å². The van der Waals surface area contributed by atoms with Crippen molar-refractivity contribution < 1.29 is 15.0 Å². The number of hydrogen-bond donors (Lipinski definition) is 3.